The molecule has 4 nitrogen and oxygen atoms in total. The molecule has 0 aliphatic carbocycles. The SMILES string of the molecule is C=C(C)C1=C(C)Cc2cc(O)ccc2N1Cc1ccc(OCCN(C)CCCCCCCC)cc1. The van der Waals surface area contributed by atoms with Gasteiger partial charge in [0.05, 0.1) is 0 Å². The van der Waals surface area contributed by atoms with E-state index in [0.29, 0.717) is 12.4 Å². The van der Waals surface area contributed by atoms with E-state index in [1.807, 2.05) is 12.1 Å². The lowest BCUT2D eigenvalue weighted by Crippen LogP contribution is -2.28. The molecule has 190 valence electrons. The first-order valence-corrected chi connectivity index (χ1v) is 13.2. The summed E-state index contributed by atoms with van der Waals surface area (Å²) < 4.78 is 6.02. The Labute approximate surface area is 212 Å². The molecule has 0 fully saturated rings. The standard InChI is InChI=1S/C31H44N2O2/c1-6-7-8-9-10-11-18-32(5)19-20-35-29-15-12-26(13-16-29)23-33-30-17-14-28(34)22-27(30)21-25(4)31(33)24(2)3/h12-17,22,34H,2,6-11,18-21,23H2,1,3-5H3. The summed E-state index contributed by atoms with van der Waals surface area (Å²) in [6.07, 6.45) is 8.84. The number of benzene rings is 2. The third kappa shape index (κ3) is 7.90. The Morgan fingerprint density at radius 3 is 2.46 bits per heavy atom. The number of phenols is 1. The molecule has 4 heteroatoms. The van der Waals surface area contributed by atoms with E-state index >= 15 is 0 Å². The van der Waals surface area contributed by atoms with Crippen LogP contribution in [0, 0.1) is 0 Å². The number of fused-ring (bicyclic) bond motifs is 1. The second-order valence-electron chi connectivity index (χ2n) is 10.0. The molecule has 1 heterocycles. The van der Waals surface area contributed by atoms with Gasteiger partial charge in [0.25, 0.3) is 0 Å². The van der Waals surface area contributed by atoms with Crippen LogP contribution in [-0.2, 0) is 13.0 Å². The quantitative estimate of drug-likeness (QED) is 0.287. The van der Waals surface area contributed by atoms with Crippen LogP contribution in [0.2, 0.25) is 0 Å². The van der Waals surface area contributed by atoms with Gasteiger partial charge in [-0.25, -0.2) is 0 Å². The highest BCUT2D eigenvalue weighted by molar-refractivity contribution is 5.67. The first-order chi connectivity index (χ1) is 16.9. The van der Waals surface area contributed by atoms with Crippen molar-refractivity contribution in [3.05, 3.63) is 77.0 Å². The molecule has 1 N–H and O–H groups in total. The van der Waals surface area contributed by atoms with E-state index in [4.69, 9.17) is 4.74 Å². The Kier molecular flexibility index (Phi) is 10.3. The molecule has 0 atom stereocenters. The van der Waals surface area contributed by atoms with Crippen LogP contribution < -0.4 is 9.64 Å². The van der Waals surface area contributed by atoms with Crippen LogP contribution in [0.3, 0.4) is 0 Å². The van der Waals surface area contributed by atoms with Gasteiger partial charge >= 0.3 is 0 Å². The molecule has 0 amide bonds. The largest absolute Gasteiger partial charge is 0.508 e. The molecular weight excluding hydrogens is 432 g/mol. The summed E-state index contributed by atoms with van der Waals surface area (Å²) in [5, 5.41) is 9.97. The Hall–Kier alpha value is -2.72. The fraction of sp³-hybridized carbons (Fsp3) is 0.484. The molecule has 0 aromatic heterocycles. The maximum atomic E-state index is 9.97. The van der Waals surface area contributed by atoms with Crippen LogP contribution in [0.15, 0.2) is 65.9 Å². The number of nitrogens with zero attached hydrogens (tertiary/aromatic N) is 2. The molecule has 0 radical (unpaired) electrons. The second-order valence-corrected chi connectivity index (χ2v) is 10.0. The molecule has 2 aromatic carbocycles. The number of anilines is 1. The van der Waals surface area contributed by atoms with E-state index in [1.54, 1.807) is 6.07 Å². The Balaban J connectivity index is 1.52. The molecule has 35 heavy (non-hydrogen) atoms. The van der Waals surface area contributed by atoms with Gasteiger partial charge in [-0.1, -0.05) is 57.7 Å². The van der Waals surface area contributed by atoms with E-state index in [1.165, 1.54) is 55.4 Å². The number of allylic oxidation sites excluding steroid dienone is 2. The first-order valence-electron chi connectivity index (χ1n) is 13.2. The monoisotopic (exact) mass is 476 g/mol. The van der Waals surface area contributed by atoms with E-state index in [-0.39, 0.29) is 0 Å². The predicted molar refractivity (Wildman–Crippen MR) is 148 cm³/mol. The van der Waals surface area contributed by atoms with Gasteiger partial charge in [0.15, 0.2) is 0 Å². The summed E-state index contributed by atoms with van der Waals surface area (Å²) in [6, 6.07) is 14.1. The first kappa shape index (κ1) is 26.9. The normalized spacial score (nSPS) is 13.3. The summed E-state index contributed by atoms with van der Waals surface area (Å²) in [5.41, 5.74) is 7.03. The van der Waals surface area contributed by atoms with Crippen molar-refractivity contribution in [1.29, 1.82) is 0 Å². The predicted octanol–water partition coefficient (Wildman–Crippen LogP) is 7.48. The zero-order valence-corrected chi connectivity index (χ0v) is 22.3. The molecule has 0 bridgehead atoms. The summed E-state index contributed by atoms with van der Waals surface area (Å²) in [5.74, 6) is 1.23. The van der Waals surface area contributed by atoms with Crippen LogP contribution in [0.25, 0.3) is 0 Å². The van der Waals surface area contributed by atoms with Crippen molar-refractivity contribution in [1.82, 2.24) is 4.90 Å². The van der Waals surface area contributed by atoms with Gasteiger partial charge < -0.3 is 19.6 Å². The molecule has 0 unspecified atom stereocenters. The molecule has 0 spiro atoms. The highest BCUT2D eigenvalue weighted by Gasteiger charge is 2.24. The van der Waals surface area contributed by atoms with E-state index in [9.17, 15) is 5.11 Å². The van der Waals surface area contributed by atoms with E-state index in [2.05, 4.69) is 68.5 Å². The average molecular weight is 477 g/mol. The van der Waals surface area contributed by atoms with Crippen molar-refractivity contribution in [3.8, 4) is 11.5 Å². The van der Waals surface area contributed by atoms with Crippen molar-refractivity contribution in [2.75, 3.05) is 31.6 Å². The molecule has 1 aliphatic heterocycles. The highest BCUT2D eigenvalue weighted by atomic mass is 16.5. The van der Waals surface area contributed by atoms with Crippen molar-refractivity contribution >= 4 is 5.69 Å². The lowest BCUT2D eigenvalue weighted by atomic mass is 9.93. The summed E-state index contributed by atoms with van der Waals surface area (Å²) in [6.45, 7) is 14.3. The van der Waals surface area contributed by atoms with Crippen LogP contribution in [0.5, 0.6) is 11.5 Å². The van der Waals surface area contributed by atoms with E-state index in [0.717, 1.165) is 48.6 Å². The smallest absolute Gasteiger partial charge is 0.119 e. The van der Waals surface area contributed by atoms with Crippen molar-refractivity contribution < 1.29 is 9.84 Å². The third-order valence-corrected chi connectivity index (χ3v) is 6.79. The summed E-state index contributed by atoms with van der Waals surface area (Å²) in [4.78, 5) is 4.69. The van der Waals surface area contributed by atoms with Gasteiger partial charge in [0.2, 0.25) is 0 Å². The van der Waals surface area contributed by atoms with Crippen LogP contribution in [-0.4, -0.2) is 36.8 Å². The fourth-order valence-corrected chi connectivity index (χ4v) is 4.92. The minimum atomic E-state index is 0.314. The summed E-state index contributed by atoms with van der Waals surface area (Å²) in [7, 11) is 2.18. The minimum absolute atomic E-state index is 0.314. The highest BCUT2D eigenvalue weighted by Crippen LogP contribution is 2.38. The van der Waals surface area contributed by atoms with Crippen LogP contribution in [0.4, 0.5) is 5.69 Å². The zero-order valence-electron chi connectivity index (χ0n) is 22.3. The molecule has 0 saturated heterocycles. The van der Waals surface area contributed by atoms with Gasteiger partial charge in [-0.3, -0.25) is 0 Å². The van der Waals surface area contributed by atoms with Crippen LogP contribution in [0.1, 0.15) is 70.4 Å². The second kappa shape index (κ2) is 13.4. The maximum Gasteiger partial charge on any atom is 0.119 e. The number of unbranched alkanes of at least 4 members (excludes halogenated alkanes) is 5. The fourth-order valence-electron chi connectivity index (χ4n) is 4.92. The van der Waals surface area contributed by atoms with Gasteiger partial charge in [0, 0.05) is 24.5 Å². The lowest BCUT2D eigenvalue weighted by Gasteiger charge is -2.35. The number of rotatable bonds is 14. The average Bonchev–Trinajstić information content (AvgIpc) is 2.82. The van der Waals surface area contributed by atoms with Crippen molar-refractivity contribution in [2.45, 2.75) is 72.3 Å². The van der Waals surface area contributed by atoms with Crippen molar-refractivity contribution in [3.63, 3.8) is 0 Å². The molecule has 1 aliphatic rings. The molecule has 2 aromatic rings. The number of hydrogen-bond donors (Lipinski definition) is 1. The molecular formula is C31H44N2O2. The zero-order chi connectivity index (χ0) is 25.2. The Morgan fingerprint density at radius 2 is 1.74 bits per heavy atom. The third-order valence-electron chi connectivity index (χ3n) is 6.79. The van der Waals surface area contributed by atoms with Gasteiger partial charge in [-0.2, -0.15) is 0 Å². The number of likely N-dealkylation sites (N-methyl/N-ethyl adjacent to an activating group) is 1. The topological polar surface area (TPSA) is 35.9 Å². The summed E-state index contributed by atoms with van der Waals surface area (Å²) >= 11 is 0. The van der Waals surface area contributed by atoms with Crippen molar-refractivity contribution in [2.24, 2.45) is 0 Å². The Bertz CT molecular complexity index is 994. The maximum absolute atomic E-state index is 9.97. The number of ether oxygens (including phenoxy) is 1. The van der Waals surface area contributed by atoms with E-state index < -0.39 is 0 Å². The molecule has 0 saturated carbocycles. The minimum Gasteiger partial charge on any atom is -0.508 e. The molecule has 3 rings (SSSR count). The number of hydrogen-bond acceptors (Lipinski definition) is 4. The van der Waals surface area contributed by atoms with Gasteiger partial charge in [-0.05, 0) is 92.9 Å². The van der Waals surface area contributed by atoms with Crippen LogP contribution >= 0.6 is 0 Å². The van der Waals surface area contributed by atoms with Gasteiger partial charge in [0.1, 0.15) is 18.1 Å². The Morgan fingerprint density at radius 1 is 1.03 bits per heavy atom. The number of phenolic OH excluding ortho intramolecular Hbond substituents is 1. The lowest BCUT2D eigenvalue weighted by molar-refractivity contribution is 0.234. The number of aromatic hydroxyl groups is 1. The van der Waals surface area contributed by atoms with Gasteiger partial charge in [-0.15, -0.1) is 0 Å².